The highest BCUT2D eigenvalue weighted by atomic mass is 32.1. The molecule has 0 unspecified atom stereocenters. The molecule has 0 bridgehead atoms. The van der Waals surface area contributed by atoms with Crippen LogP contribution in [0.5, 0.6) is 11.5 Å². The van der Waals surface area contributed by atoms with E-state index in [1.807, 2.05) is 24.3 Å². The van der Waals surface area contributed by atoms with Gasteiger partial charge in [0.15, 0.2) is 10.8 Å². The van der Waals surface area contributed by atoms with Gasteiger partial charge in [-0.3, -0.25) is 5.10 Å². The maximum absolute atomic E-state index is 5.35. The zero-order valence-electron chi connectivity index (χ0n) is 15.6. The lowest BCUT2D eigenvalue weighted by Crippen LogP contribution is -1.94. The molecule has 0 aliphatic carbocycles. The molecule has 0 aliphatic rings. The molecule has 0 saturated heterocycles. The van der Waals surface area contributed by atoms with Crippen molar-refractivity contribution in [3.05, 3.63) is 30.0 Å². The third-order valence-electron chi connectivity index (χ3n) is 4.08. The number of nitrogens with one attached hydrogen (secondary N) is 1. The van der Waals surface area contributed by atoms with Gasteiger partial charge >= 0.3 is 0 Å². The number of rotatable bonds is 6. The summed E-state index contributed by atoms with van der Waals surface area (Å²) in [4.78, 5) is 0.704. The predicted octanol–water partition coefficient (Wildman–Crippen LogP) is 3.46. The van der Waals surface area contributed by atoms with Crippen LogP contribution in [0.2, 0.25) is 0 Å². The summed E-state index contributed by atoms with van der Waals surface area (Å²) in [6.07, 6.45) is 0.950. The van der Waals surface area contributed by atoms with Crippen LogP contribution in [0.4, 0.5) is 0 Å². The molecule has 140 valence electrons. The number of aromatic amines is 1. The molecule has 0 amide bonds. The van der Waals surface area contributed by atoms with Gasteiger partial charge < -0.3 is 9.47 Å². The Bertz CT molecular complexity index is 1060. The first-order chi connectivity index (χ1) is 13.1. The minimum atomic E-state index is 0.561. The molecule has 9 heteroatoms. The molecule has 0 fully saturated rings. The van der Waals surface area contributed by atoms with Gasteiger partial charge in [0, 0.05) is 17.3 Å². The molecule has 0 spiro atoms. The lowest BCUT2D eigenvalue weighted by atomic mass is 10.1. The van der Waals surface area contributed by atoms with E-state index in [1.54, 1.807) is 18.7 Å². The first-order valence-corrected chi connectivity index (χ1v) is 9.39. The Hall–Kier alpha value is -2.94. The summed E-state index contributed by atoms with van der Waals surface area (Å²) in [5.41, 5.74) is 2.73. The fourth-order valence-corrected chi connectivity index (χ4v) is 3.65. The normalized spacial score (nSPS) is 11.4. The van der Waals surface area contributed by atoms with Gasteiger partial charge in [0.05, 0.1) is 14.2 Å². The van der Waals surface area contributed by atoms with Gasteiger partial charge in [-0.05, 0) is 30.5 Å². The van der Waals surface area contributed by atoms with Crippen LogP contribution < -0.4 is 9.47 Å². The monoisotopic (exact) mass is 384 g/mol. The molecule has 3 aromatic heterocycles. The van der Waals surface area contributed by atoms with Crippen LogP contribution >= 0.6 is 11.3 Å². The number of fused-ring (bicyclic) bond motifs is 1. The highest BCUT2D eigenvalue weighted by molar-refractivity contribution is 7.19. The molecule has 0 saturated carbocycles. The highest BCUT2D eigenvalue weighted by Gasteiger charge is 2.17. The van der Waals surface area contributed by atoms with Crippen molar-refractivity contribution in [1.29, 1.82) is 0 Å². The molecule has 4 aromatic rings. The topological polar surface area (TPSA) is 90.2 Å². The van der Waals surface area contributed by atoms with Crippen molar-refractivity contribution < 1.29 is 9.47 Å². The second-order valence-electron chi connectivity index (χ2n) is 6.60. The first-order valence-electron chi connectivity index (χ1n) is 8.57. The van der Waals surface area contributed by atoms with E-state index in [2.05, 4.69) is 39.3 Å². The zero-order valence-corrected chi connectivity index (χ0v) is 16.4. The van der Waals surface area contributed by atoms with Crippen LogP contribution in [0.3, 0.4) is 0 Å². The number of benzene rings is 1. The second-order valence-corrected chi connectivity index (χ2v) is 7.56. The van der Waals surface area contributed by atoms with Crippen molar-refractivity contribution in [1.82, 2.24) is 30.0 Å². The van der Waals surface area contributed by atoms with Crippen LogP contribution in [-0.4, -0.2) is 44.2 Å². The van der Waals surface area contributed by atoms with E-state index in [9.17, 15) is 0 Å². The molecule has 27 heavy (non-hydrogen) atoms. The molecule has 0 atom stereocenters. The van der Waals surface area contributed by atoms with E-state index < -0.39 is 0 Å². The Balaban J connectivity index is 1.74. The van der Waals surface area contributed by atoms with Gasteiger partial charge in [-0.15, -0.1) is 10.2 Å². The fraction of sp³-hybridized carbons (Fsp3) is 0.333. The van der Waals surface area contributed by atoms with Crippen LogP contribution in [-0.2, 0) is 6.42 Å². The van der Waals surface area contributed by atoms with E-state index in [-0.39, 0.29) is 0 Å². The number of H-pyrrole nitrogens is 1. The van der Waals surface area contributed by atoms with Gasteiger partial charge in [0.2, 0.25) is 4.96 Å². The Morgan fingerprint density at radius 2 is 1.81 bits per heavy atom. The quantitative estimate of drug-likeness (QED) is 0.547. The van der Waals surface area contributed by atoms with E-state index in [1.165, 1.54) is 11.3 Å². The summed E-state index contributed by atoms with van der Waals surface area (Å²) < 4.78 is 12.4. The Morgan fingerprint density at radius 1 is 1.07 bits per heavy atom. The van der Waals surface area contributed by atoms with Crippen LogP contribution in [0.1, 0.15) is 19.5 Å². The summed E-state index contributed by atoms with van der Waals surface area (Å²) >= 11 is 1.45. The fourth-order valence-electron chi connectivity index (χ4n) is 2.85. The van der Waals surface area contributed by atoms with Gasteiger partial charge in [-0.25, -0.2) is 0 Å². The third-order valence-corrected chi connectivity index (χ3v) is 5.00. The molecular formula is C18H20N6O2S. The number of aromatic nitrogens is 6. The zero-order chi connectivity index (χ0) is 19.0. The van der Waals surface area contributed by atoms with Crippen molar-refractivity contribution >= 4 is 16.3 Å². The molecule has 1 aromatic carbocycles. The van der Waals surface area contributed by atoms with Gasteiger partial charge in [0.1, 0.15) is 17.2 Å². The molecule has 8 nitrogen and oxygen atoms in total. The lowest BCUT2D eigenvalue weighted by Gasteiger charge is -2.06. The number of hydrogen-bond donors (Lipinski definition) is 1. The smallest absolute Gasteiger partial charge is 0.235 e. The maximum atomic E-state index is 5.35. The summed E-state index contributed by atoms with van der Waals surface area (Å²) in [5, 5.41) is 21.5. The number of ether oxygens (including phenoxy) is 2. The van der Waals surface area contributed by atoms with Crippen molar-refractivity contribution in [3.63, 3.8) is 0 Å². The predicted molar refractivity (Wildman–Crippen MR) is 103 cm³/mol. The molecule has 1 N–H and O–H groups in total. The van der Waals surface area contributed by atoms with E-state index >= 15 is 0 Å². The average Bonchev–Trinajstić information content (AvgIpc) is 3.35. The number of methoxy groups -OCH3 is 2. The minimum absolute atomic E-state index is 0.561. The summed E-state index contributed by atoms with van der Waals surface area (Å²) in [6, 6.07) is 7.62. The summed E-state index contributed by atoms with van der Waals surface area (Å²) in [5.74, 6) is 2.55. The molecule has 0 radical (unpaired) electrons. The Morgan fingerprint density at radius 3 is 2.48 bits per heavy atom. The van der Waals surface area contributed by atoms with Gasteiger partial charge in [0.25, 0.3) is 0 Å². The maximum Gasteiger partial charge on any atom is 0.235 e. The van der Waals surface area contributed by atoms with Crippen molar-refractivity contribution in [2.24, 2.45) is 5.92 Å². The van der Waals surface area contributed by atoms with Gasteiger partial charge in [-0.2, -0.15) is 14.7 Å². The third kappa shape index (κ3) is 3.37. The van der Waals surface area contributed by atoms with Gasteiger partial charge in [-0.1, -0.05) is 25.2 Å². The van der Waals surface area contributed by atoms with Crippen LogP contribution in [0.25, 0.3) is 27.1 Å². The Kier molecular flexibility index (Phi) is 4.53. The highest BCUT2D eigenvalue weighted by Crippen LogP contribution is 2.31. The number of nitrogens with zero attached hydrogens (tertiary/aromatic N) is 5. The standard InChI is InChI=1S/C18H20N6O2S/c1-10(2)5-12-8-15(20-19-12)17-23-24-16(21-22-18(24)27-17)11-6-13(25-3)9-14(7-11)26-4/h6-10H,5H2,1-4H3,(H,19,20). The second kappa shape index (κ2) is 6.99. The van der Waals surface area contributed by atoms with Crippen molar-refractivity contribution in [2.45, 2.75) is 20.3 Å². The SMILES string of the molecule is COc1cc(OC)cc(-c2nnc3sc(-c4cc(CC(C)C)[nH]n4)nn23)c1. The summed E-state index contributed by atoms with van der Waals surface area (Å²) in [6.45, 7) is 4.36. The number of hydrogen-bond acceptors (Lipinski definition) is 7. The van der Waals surface area contributed by atoms with Crippen molar-refractivity contribution in [2.75, 3.05) is 14.2 Å². The average molecular weight is 384 g/mol. The largest absolute Gasteiger partial charge is 0.497 e. The van der Waals surface area contributed by atoms with Crippen molar-refractivity contribution in [3.8, 4) is 33.6 Å². The molecule has 4 rings (SSSR count). The molecule has 3 heterocycles. The minimum Gasteiger partial charge on any atom is -0.497 e. The van der Waals surface area contributed by atoms with E-state index in [0.29, 0.717) is 28.2 Å². The Labute approximate surface area is 160 Å². The molecular weight excluding hydrogens is 364 g/mol. The summed E-state index contributed by atoms with van der Waals surface area (Å²) in [7, 11) is 3.23. The lowest BCUT2D eigenvalue weighted by molar-refractivity contribution is 0.394. The first kappa shape index (κ1) is 17.5. The van der Waals surface area contributed by atoms with Crippen LogP contribution in [0, 0.1) is 5.92 Å². The van der Waals surface area contributed by atoms with Crippen LogP contribution in [0.15, 0.2) is 24.3 Å². The molecule has 0 aliphatic heterocycles. The van der Waals surface area contributed by atoms with E-state index in [0.717, 1.165) is 28.4 Å². The van der Waals surface area contributed by atoms with E-state index in [4.69, 9.17) is 9.47 Å².